The smallest absolute Gasteiger partial charge is 0.239 e. The quantitative estimate of drug-likeness (QED) is 0.912. The molecule has 6 nitrogen and oxygen atoms in total. The highest BCUT2D eigenvalue weighted by Crippen LogP contribution is 2.12. The number of rotatable bonds is 5. The molecule has 1 fully saturated rings. The summed E-state index contributed by atoms with van der Waals surface area (Å²) in [6.07, 6.45) is 2.02. The Morgan fingerprint density at radius 1 is 1.21 bits per heavy atom. The minimum Gasteiger partial charge on any atom is -0.373 e. The fourth-order valence-electron chi connectivity index (χ4n) is 3.12. The Hall–Kier alpha value is -2.18. The summed E-state index contributed by atoms with van der Waals surface area (Å²) in [7, 11) is 0. The molecule has 2 atom stereocenters. The second kappa shape index (κ2) is 7.59. The number of anilines is 1. The molecule has 6 heteroatoms. The maximum absolute atomic E-state index is 12.4. The van der Waals surface area contributed by atoms with Crippen LogP contribution in [-0.2, 0) is 16.1 Å². The van der Waals surface area contributed by atoms with E-state index < -0.39 is 0 Å². The molecule has 1 aliphatic heterocycles. The van der Waals surface area contributed by atoms with Gasteiger partial charge in [0.15, 0.2) is 0 Å². The molecule has 1 amide bonds. The number of carbonyl (C=O) groups is 1. The van der Waals surface area contributed by atoms with Crippen molar-refractivity contribution in [3.8, 4) is 0 Å². The van der Waals surface area contributed by atoms with Crippen molar-refractivity contribution in [2.24, 2.45) is 0 Å². The molecule has 2 heterocycles. The first-order valence-electron chi connectivity index (χ1n) is 8.33. The lowest BCUT2D eigenvalue weighted by molar-refractivity contribution is -0.121. The summed E-state index contributed by atoms with van der Waals surface area (Å²) in [5, 5.41) is 7.27. The molecule has 0 spiro atoms. The zero-order chi connectivity index (χ0) is 16.9. The minimum atomic E-state index is -0.0221. The third-order valence-electron chi connectivity index (χ3n) is 4.02. The number of morpholine rings is 1. The van der Waals surface area contributed by atoms with Crippen molar-refractivity contribution in [1.82, 2.24) is 14.7 Å². The van der Waals surface area contributed by atoms with Gasteiger partial charge in [0.1, 0.15) is 5.82 Å². The Morgan fingerprint density at radius 2 is 1.92 bits per heavy atom. The van der Waals surface area contributed by atoms with E-state index in [1.54, 1.807) is 10.9 Å². The fraction of sp³-hybridized carbons (Fsp3) is 0.444. The summed E-state index contributed by atoms with van der Waals surface area (Å²) in [4.78, 5) is 14.5. The SMILES string of the molecule is C[C@@H]1CN(CC(=O)Nc2ccnn2Cc2ccccc2)C[C@H](C)O1. The van der Waals surface area contributed by atoms with Crippen molar-refractivity contribution < 1.29 is 9.53 Å². The van der Waals surface area contributed by atoms with Gasteiger partial charge in [0.25, 0.3) is 0 Å². The molecule has 1 aliphatic rings. The van der Waals surface area contributed by atoms with Crippen LogP contribution in [0.1, 0.15) is 19.4 Å². The van der Waals surface area contributed by atoms with E-state index in [0.717, 1.165) is 24.5 Å². The van der Waals surface area contributed by atoms with Gasteiger partial charge >= 0.3 is 0 Å². The van der Waals surface area contributed by atoms with Crippen LogP contribution < -0.4 is 5.32 Å². The van der Waals surface area contributed by atoms with Gasteiger partial charge in [0.2, 0.25) is 5.91 Å². The average molecular weight is 328 g/mol. The van der Waals surface area contributed by atoms with Crippen LogP contribution in [0.15, 0.2) is 42.6 Å². The topological polar surface area (TPSA) is 59.4 Å². The minimum absolute atomic E-state index is 0.0221. The summed E-state index contributed by atoms with van der Waals surface area (Å²) in [5.74, 6) is 0.698. The van der Waals surface area contributed by atoms with E-state index in [1.807, 2.05) is 50.2 Å². The van der Waals surface area contributed by atoms with E-state index in [1.165, 1.54) is 0 Å². The summed E-state index contributed by atoms with van der Waals surface area (Å²) in [6, 6.07) is 11.9. The molecule has 0 radical (unpaired) electrons. The zero-order valence-corrected chi connectivity index (χ0v) is 14.2. The number of nitrogens with zero attached hydrogens (tertiary/aromatic N) is 3. The van der Waals surface area contributed by atoms with Crippen LogP contribution in [0.3, 0.4) is 0 Å². The molecule has 0 bridgehead atoms. The van der Waals surface area contributed by atoms with Gasteiger partial charge in [-0.15, -0.1) is 0 Å². The molecule has 0 saturated carbocycles. The molecular weight excluding hydrogens is 304 g/mol. The molecule has 1 aromatic carbocycles. The van der Waals surface area contributed by atoms with Crippen LogP contribution in [0.2, 0.25) is 0 Å². The monoisotopic (exact) mass is 328 g/mol. The summed E-state index contributed by atoms with van der Waals surface area (Å²) >= 11 is 0. The number of ether oxygens (including phenoxy) is 1. The lowest BCUT2D eigenvalue weighted by Crippen LogP contribution is -2.48. The Labute approximate surface area is 142 Å². The maximum Gasteiger partial charge on any atom is 0.239 e. The van der Waals surface area contributed by atoms with Crippen LogP contribution in [0.4, 0.5) is 5.82 Å². The van der Waals surface area contributed by atoms with Crippen LogP contribution in [0.5, 0.6) is 0 Å². The van der Waals surface area contributed by atoms with Crippen molar-refractivity contribution in [2.45, 2.75) is 32.6 Å². The Bertz CT molecular complexity index is 661. The highest BCUT2D eigenvalue weighted by Gasteiger charge is 2.23. The van der Waals surface area contributed by atoms with Gasteiger partial charge < -0.3 is 10.1 Å². The number of carbonyl (C=O) groups excluding carboxylic acids is 1. The molecule has 0 unspecified atom stereocenters. The highest BCUT2D eigenvalue weighted by molar-refractivity contribution is 5.91. The zero-order valence-electron chi connectivity index (χ0n) is 14.2. The number of nitrogens with one attached hydrogen (secondary N) is 1. The summed E-state index contributed by atoms with van der Waals surface area (Å²) in [6.45, 7) is 6.64. The first-order valence-corrected chi connectivity index (χ1v) is 8.33. The second-order valence-corrected chi connectivity index (χ2v) is 6.36. The van der Waals surface area contributed by atoms with Crippen molar-refractivity contribution in [1.29, 1.82) is 0 Å². The van der Waals surface area contributed by atoms with Crippen LogP contribution in [0, 0.1) is 0 Å². The lowest BCUT2D eigenvalue weighted by atomic mass is 10.2. The summed E-state index contributed by atoms with van der Waals surface area (Å²) in [5.41, 5.74) is 1.15. The van der Waals surface area contributed by atoms with Gasteiger partial charge in [-0.1, -0.05) is 30.3 Å². The Morgan fingerprint density at radius 3 is 2.62 bits per heavy atom. The van der Waals surface area contributed by atoms with E-state index in [2.05, 4.69) is 15.3 Å². The molecule has 1 N–H and O–H groups in total. The number of aromatic nitrogens is 2. The van der Waals surface area contributed by atoms with Gasteiger partial charge in [0.05, 0.1) is 31.5 Å². The van der Waals surface area contributed by atoms with Crippen molar-refractivity contribution >= 4 is 11.7 Å². The maximum atomic E-state index is 12.4. The van der Waals surface area contributed by atoms with Gasteiger partial charge in [-0.3, -0.25) is 9.69 Å². The lowest BCUT2D eigenvalue weighted by Gasteiger charge is -2.34. The summed E-state index contributed by atoms with van der Waals surface area (Å²) < 4.78 is 7.51. The third-order valence-corrected chi connectivity index (χ3v) is 4.02. The van der Waals surface area contributed by atoms with Gasteiger partial charge in [-0.25, -0.2) is 4.68 Å². The van der Waals surface area contributed by atoms with Crippen LogP contribution in [0.25, 0.3) is 0 Å². The van der Waals surface area contributed by atoms with Crippen molar-refractivity contribution in [2.75, 3.05) is 25.0 Å². The number of hydrogen-bond donors (Lipinski definition) is 1. The van der Waals surface area contributed by atoms with E-state index in [-0.39, 0.29) is 18.1 Å². The molecule has 24 heavy (non-hydrogen) atoms. The van der Waals surface area contributed by atoms with Gasteiger partial charge in [-0.2, -0.15) is 5.10 Å². The molecule has 0 aliphatic carbocycles. The molecule has 1 aromatic heterocycles. The van der Waals surface area contributed by atoms with Crippen LogP contribution >= 0.6 is 0 Å². The number of benzene rings is 1. The molecule has 128 valence electrons. The van der Waals surface area contributed by atoms with Gasteiger partial charge in [-0.05, 0) is 19.4 Å². The highest BCUT2D eigenvalue weighted by atomic mass is 16.5. The Balaban J connectivity index is 1.58. The standard InChI is InChI=1S/C18H24N4O2/c1-14-10-21(11-15(2)24-14)13-18(23)20-17-8-9-19-22(17)12-16-6-4-3-5-7-16/h3-9,14-15H,10-13H2,1-2H3,(H,20,23)/t14-,15+. The Kier molecular flexibility index (Phi) is 5.27. The second-order valence-electron chi connectivity index (χ2n) is 6.36. The largest absolute Gasteiger partial charge is 0.373 e. The molecule has 2 aromatic rings. The van der Waals surface area contributed by atoms with Crippen molar-refractivity contribution in [3.05, 3.63) is 48.2 Å². The van der Waals surface area contributed by atoms with Gasteiger partial charge in [0, 0.05) is 19.2 Å². The van der Waals surface area contributed by atoms with E-state index in [9.17, 15) is 4.79 Å². The average Bonchev–Trinajstić information content (AvgIpc) is 2.94. The first kappa shape index (κ1) is 16.7. The fourth-order valence-corrected chi connectivity index (χ4v) is 3.12. The third kappa shape index (κ3) is 4.43. The predicted octanol–water partition coefficient (Wildman–Crippen LogP) is 1.98. The predicted molar refractivity (Wildman–Crippen MR) is 92.8 cm³/mol. The molecule has 1 saturated heterocycles. The number of amides is 1. The van der Waals surface area contributed by atoms with E-state index in [4.69, 9.17) is 4.74 Å². The van der Waals surface area contributed by atoms with E-state index >= 15 is 0 Å². The van der Waals surface area contributed by atoms with Crippen LogP contribution in [-0.4, -0.2) is 52.4 Å². The molecular formula is C18H24N4O2. The molecule has 3 rings (SSSR count). The first-order chi connectivity index (χ1) is 11.6. The van der Waals surface area contributed by atoms with Crippen molar-refractivity contribution in [3.63, 3.8) is 0 Å². The normalized spacial score (nSPS) is 21.6. The number of hydrogen-bond acceptors (Lipinski definition) is 4. The van der Waals surface area contributed by atoms with E-state index in [0.29, 0.717) is 13.1 Å².